The van der Waals surface area contributed by atoms with Crippen molar-refractivity contribution in [2.45, 2.75) is 25.1 Å². The molecule has 4 heteroatoms. The SMILES string of the molecule is NC(=O)C(O)C(Cc1ccccc1)NCc1ccccc1. The van der Waals surface area contributed by atoms with E-state index in [4.69, 9.17) is 5.73 Å². The number of primary amides is 1. The number of benzene rings is 2. The van der Waals surface area contributed by atoms with Crippen molar-refractivity contribution in [1.29, 1.82) is 0 Å². The Morgan fingerprint density at radius 1 is 1.00 bits per heavy atom. The molecule has 0 aliphatic carbocycles. The van der Waals surface area contributed by atoms with Crippen LogP contribution in [0.25, 0.3) is 0 Å². The Morgan fingerprint density at radius 3 is 2.05 bits per heavy atom. The van der Waals surface area contributed by atoms with Gasteiger partial charge in [0.1, 0.15) is 6.10 Å². The molecule has 2 atom stereocenters. The first kappa shape index (κ1) is 15.2. The number of carbonyl (C=O) groups excluding carboxylic acids is 1. The smallest absolute Gasteiger partial charge is 0.247 e. The molecule has 0 saturated carbocycles. The lowest BCUT2D eigenvalue weighted by Crippen LogP contribution is -2.48. The molecule has 0 aliphatic heterocycles. The van der Waals surface area contributed by atoms with Gasteiger partial charge in [-0.1, -0.05) is 60.7 Å². The molecule has 0 saturated heterocycles. The van der Waals surface area contributed by atoms with Crippen LogP contribution in [0.2, 0.25) is 0 Å². The molecular weight excluding hydrogens is 264 g/mol. The fourth-order valence-corrected chi connectivity index (χ4v) is 2.21. The molecule has 0 bridgehead atoms. The average molecular weight is 284 g/mol. The summed E-state index contributed by atoms with van der Waals surface area (Å²) in [7, 11) is 0. The Hall–Kier alpha value is -2.17. The molecule has 0 radical (unpaired) electrons. The van der Waals surface area contributed by atoms with E-state index < -0.39 is 18.1 Å². The van der Waals surface area contributed by atoms with Crippen molar-refractivity contribution in [2.24, 2.45) is 5.73 Å². The predicted molar refractivity (Wildman–Crippen MR) is 82.4 cm³/mol. The Bertz CT molecular complexity index is 558. The van der Waals surface area contributed by atoms with Gasteiger partial charge in [-0.25, -0.2) is 0 Å². The first-order chi connectivity index (χ1) is 10.2. The van der Waals surface area contributed by atoms with Crippen molar-refractivity contribution in [3.05, 3.63) is 71.8 Å². The molecule has 0 heterocycles. The number of amides is 1. The Morgan fingerprint density at radius 2 is 1.52 bits per heavy atom. The van der Waals surface area contributed by atoms with Crippen molar-refractivity contribution >= 4 is 5.91 Å². The van der Waals surface area contributed by atoms with Gasteiger partial charge in [0.2, 0.25) is 5.91 Å². The van der Waals surface area contributed by atoms with Crippen LogP contribution < -0.4 is 11.1 Å². The maximum atomic E-state index is 11.3. The summed E-state index contributed by atoms with van der Waals surface area (Å²) in [5.74, 6) is -0.712. The van der Waals surface area contributed by atoms with Crippen LogP contribution in [0.1, 0.15) is 11.1 Å². The van der Waals surface area contributed by atoms with Gasteiger partial charge in [-0.15, -0.1) is 0 Å². The minimum atomic E-state index is -1.21. The standard InChI is InChI=1S/C17H20N2O2/c18-17(21)16(20)15(11-13-7-3-1-4-8-13)19-12-14-9-5-2-6-10-14/h1-10,15-16,19-20H,11-12H2,(H2,18,21). The summed E-state index contributed by atoms with van der Waals surface area (Å²) in [5, 5.41) is 13.2. The minimum absolute atomic E-state index is 0.412. The van der Waals surface area contributed by atoms with Gasteiger partial charge in [-0.05, 0) is 17.5 Å². The molecule has 4 N–H and O–H groups in total. The van der Waals surface area contributed by atoms with Crippen LogP contribution in [-0.2, 0) is 17.8 Å². The Labute approximate surface area is 124 Å². The van der Waals surface area contributed by atoms with E-state index >= 15 is 0 Å². The maximum absolute atomic E-state index is 11.3. The molecule has 21 heavy (non-hydrogen) atoms. The first-order valence-corrected chi connectivity index (χ1v) is 6.95. The summed E-state index contributed by atoms with van der Waals surface area (Å²) < 4.78 is 0. The first-order valence-electron chi connectivity index (χ1n) is 6.95. The highest BCUT2D eigenvalue weighted by Crippen LogP contribution is 2.08. The van der Waals surface area contributed by atoms with Crippen molar-refractivity contribution in [3.63, 3.8) is 0 Å². The van der Waals surface area contributed by atoms with E-state index in [2.05, 4.69) is 5.32 Å². The van der Waals surface area contributed by atoms with Crippen LogP contribution in [0, 0.1) is 0 Å². The molecule has 2 rings (SSSR count). The zero-order valence-electron chi connectivity index (χ0n) is 11.8. The molecule has 0 aromatic heterocycles. The second-order valence-electron chi connectivity index (χ2n) is 5.01. The summed E-state index contributed by atoms with van der Waals surface area (Å²) in [4.78, 5) is 11.3. The van der Waals surface area contributed by atoms with E-state index in [0.29, 0.717) is 13.0 Å². The molecule has 0 aliphatic rings. The van der Waals surface area contributed by atoms with Gasteiger partial charge in [-0.2, -0.15) is 0 Å². The highest BCUT2D eigenvalue weighted by Gasteiger charge is 2.23. The molecular formula is C17H20N2O2. The monoisotopic (exact) mass is 284 g/mol. The zero-order valence-corrected chi connectivity index (χ0v) is 11.8. The third kappa shape index (κ3) is 4.70. The lowest BCUT2D eigenvalue weighted by molar-refractivity contribution is -0.127. The van der Waals surface area contributed by atoms with Crippen LogP contribution in [-0.4, -0.2) is 23.2 Å². The lowest BCUT2D eigenvalue weighted by Gasteiger charge is -2.22. The zero-order chi connectivity index (χ0) is 15.1. The van der Waals surface area contributed by atoms with Crippen LogP contribution >= 0.6 is 0 Å². The van der Waals surface area contributed by atoms with Gasteiger partial charge in [0, 0.05) is 12.6 Å². The maximum Gasteiger partial charge on any atom is 0.247 e. The van der Waals surface area contributed by atoms with Crippen molar-refractivity contribution in [2.75, 3.05) is 0 Å². The van der Waals surface area contributed by atoms with Crippen LogP contribution in [0.4, 0.5) is 0 Å². The Kier molecular flexibility index (Phi) is 5.49. The Balaban J connectivity index is 2.03. The summed E-state index contributed by atoms with van der Waals surface area (Å²) in [6.07, 6.45) is -0.674. The van der Waals surface area contributed by atoms with Gasteiger partial charge < -0.3 is 16.2 Å². The average Bonchev–Trinajstić information content (AvgIpc) is 2.52. The van der Waals surface area contributed by atoms with Gasteiger partial charge in [0.05, 0.1) is 0 Å². The number of aliphatic hydroxyl groups excluding tert-OH is 1. The van der Waals surface area contributed by atoms with Gasteiger partial charge in [0.25, 0.3) is 0 Å². The fraction of sp³-hybridized carbons (Fsp3) is 0.235. The molecule has 0 fully saturated rings. The number of hydrogen-bond donors (Lipinski definition) is 3. The van der Waals surface area contributed by atoms with E-state index in [1.165, 1.54) is 0 Å². The van der Waals surface area contributed by atoms with E-state index in [0.717, 1.165) is 11.1 Å². The van der Waals surface area contributed by atoms with Gasteiger partial charge in [-0.3, -0.25) is 4.79 Å². The number of aliphatic hydroxyl groups is 1. The van der Waals surface area contributed by atoms with E-state index in [9.17, 15) is 9.90 Å². The van der Waals surface area contributed by atoms with Gasteiger partial charge in [0.15, 0.2) is 0 Å². The van der Waals surface area contributed by atoms with Crippen molar-refractivity contribution in [1.82, 2.24) is 5.32 Å². The molecule has 1 amide bonds. The third-order valence-corrected chi connectivity index (χ3v) is 3.38. The highest BCUT2D eigenvalue weighted by atomic mass is 16.3. The quantitative estimate of drug-likeness (QED) is 0.716. The molecule has 4 nitrogen and oxygen atoms in total. The summed E-state index contributed by atoms with van der Waals surface area (Å²) in [6, 6.07) is 19.1. The fourth-order valence-electron chi connectivity index (χ4n) is 2.21. The van der Waals surface area contributed by atoms with E-state index in [1.54, 1.807) is 0 Å². The second-order valence-corrected chi connectivity index (χ2v) is 5.01. The topological polar surface area (TPSA) is 75.4 Å². The van der Waals surface area contributed by atoms with Crippen LogP contribution in [0.15, 0.2) is 60.7 Å². The highest BCUT2D eigenvalue weighted by molar-refractivity contribution is 5.79. The van der Waals surface area contributed by atoms with Crippen LogP contribution in [0.3, 0.4) is 0 Å². The van der Waals surface area contributed by atoms with Crippen LogP contribution in [0.5, 0.6) is 0 Å². The third-order valence-electron chi connectivity index (χ3n) is 3.38. The minimum Gasteiger partial charge on any atom is -0.382 e. The number of nitrogens with two attached hydrogens (primary N) is 1. The number of nitrogens with one attached hydrogen (secondary N) is 1. The summed E-state index contributed by atoms with van der Waals surface area (Å²) in [5.41, 5.74) is 7.37. The number of hydrogen-bond acceptors (Lipinski definition) is 3. The molecule has 2 aromatic carbocycles. The van der Waals surface area contributed by atoms with Crippen molar-refractivity contribution in [3.8, 4) is 0 Å². The molecule has 2 aromatic rings. The number of rotatable bonds is 7. The second kappa shape index (κ2) is 7.57. The van der Waals surface area contributed by atoms with E-state index in [1.807, 2.05) is 60.7 Å². The molecule has 2 unspecified atom stereocenters. The molecule has 110 valence electrons. The molecule has 0 spiro atoms. The summed E-state index contributed by atoms with van der Waals surface area (Å²) >= 11 is 0. The number of carbonyl (C=O) groups is 1. The van der Waals surface area contributed by atoms with Crippen molar-refractivity contribution < 1.29 is 9.90 Å². The largest absolute Gasteiger partial charge is 0.382 e. The summed E-state index contributed by atoms with van der Waals surface area (Å²) in [6.45, 7) is 0.572. The van der Waals surface area contributed by atoms with E-state index in [-0.39, 0.29) is 0 Å². The normalized spacial score (nSPS) is 13.6. The lowest BCUT2D eigenvalue weighted by atomic mass is 10.0. The predicted octanol–water partition coefficient (Wildman–Crippen LogP) is 1.23. The van der Waals surface area contributed by atoms with Gasteiger partial charge >= 0.3 is 0 Å².